The molecule has 0 bridgehead atoms. The summed E-state index contributed by atoms with van der Waals surface area (Å²) >= 11 is 3.36. The first kappa shape index (κ1) is 16.4. The van der Waals surface area contributed by atoms with Crippen LogP contribution in [0.15, 0.2) is 53.0 Å². The maximum Gasteiger partial charge on any atom is 0.416 e. The van der Waals surface area contributed by atoms with Gasteiger partial charge in [-0.1, -0.05) is 28.1 Å². The normalized spacial score (nSPS) is 26.6. The average molecular weight is 412 g/mol. The van der Waals surface area contributed by atoms with Crippen molar-refractivity contribution in [2.24, 2.45) is 5.41 Å². The smallest absolute Gasteiger partial charge is 0.416 e. The summed E-state index contributed by atoms with van der Waals surface area (Å²) < 4.78 is 45.1. The molecule has 2 saturated carbocycles. The van der Waals surface area contributed by atoms with Gasteiger partial charge in [0.2, 0.25) is 5.91 Å². The topological polar surface area (TPSA) is 38.3 Å². The predicted octanol–water partition coefficient (Wildman–Crippen LogP) is 5.02. The molecule has 1 amide bonds. The molecule has 2 aromatic carbocycles. The molecule has 0 saturated heterocycles. The van der Waals surface area contributed by atoms with Gasteiger partial charge in [0, 0.05) is 23.0 Å². The van der Waals surface area contributed by atoms with E-state index in [-0.39, 0.29) is 11.6 Å². The summed E-state index contributed by atoms with van der Waals surface area (Å²) in [6.45, 7) is 0. The van der Waals surface area contributed by atoms with Crippen molar-refractivity contribution in [3.05, 3.63) is 58.6 Å². The minimum atomic E-state index is -4.44. The standard InChI is InChI=1S/C18H13BrF3NO2/c19-12-4-2-6-14(8-12)25-17-9-16(17,10-17)15(24)23-13-5-1-3-11(7-13)18(20,21)22/h1-8H,9-10H2,(H,23,24). The summed E-state index contributed by atoms with van der Waals surface area (Å²) in [4.78, 5) is 12.5. The fourth-order valence-corrected chi connectivity index (χ4v) is 3.53. The monoisotopic (exact) mass is 411 g/mol. The minimum absolute atomic E-state index is 0.143. The molecule has 0 aromatic heterocycles. The number of ether oxygens (including phenoxy) is 1. The molecule has 7 heteroatoms. The van der Waals surface area contributed by atoms with Crippen molar-refractivity contribution in [3.63, 3.8) is 0 Å². The average Bonchev–Trinajstić information content (AvgIpc) is 3.33. The maximum atomic E-state index is 12.8. The van der Waals surface area contributed by atoms with Crippen molar-refractivity contribution in [1.29, 1.82) is 0 Å². The van der Waals surface area contributed by atoms with Crippen LogP contribution < -0.4 is 10.1 Å². The van der Waals surface area contributed by atoms with E-state index in [0.717, 1.165) is 16.6 Å². The molecule has 2 aliphatic carbocycles. The van der Waals surface area contributed by atoms with Crippen LogP contribution in [0.1, 0.15) is 18.4 Å². The number of halogens is 4. The van der Waals surface area contributed by atoms with Crippen LogP contribution >= 0.6 is 15.9 Å². The number of hydrogen-bond donors (Lipinski definition) is 1. The number of hydrogen-bond acceptors (Lipinski definition) is 2. The first-order chi connectivity index (χ1) is 11.7. The number of alkyl halides is 3. The van der Waals surface area contributed by atoms with Crippen LogP contribution in [0, 0.1) is 5.41 Å². The van der Waals surface area contributed by atoms with E-state index in [1.807, 2.05) is 24.3 Å². The van der Waals surface area contributed by atoms with Crippen LogP contribution in [0.5, 0.6) is 5.75 Å². The Labute approximate surface area is 150 Å². The van der Waals surface area contributed by atoms with Gasteiger partial charge in [-0.25, -0.2) is 0 Å². The summed E-state index contributed by atoms with van der Waals surface area (Å²) in [6.07, 6.45) is -3.28. The van der Waals surface area contributed by atoms with Crippen molar-refractivity contribution in [2.75, 3.05) is 5.32 Å². The number of carbonyl (C=O) groups is 1. The molecule has 0 unspecified atom stereocenters. The first-order valence-electron chi connectivity index (χ1n) is 7.68. The molecular formula is C18H13BrF3NO2. The van der Waals surface area contributed by atoms with Crippen molar-refractivity contribution in [2.45, 2.75) is 24.6 Å². The second-order valence-electron chi connectivity index (χ2n) is 6.52. The van der Waals surface area contributed by atoms with E-state index >= 15 is 0 Å². The Morgan fingerprint density at radius 1 is 1.12 bits per heavy atom. The second kappa shape index (κ2) is 5.24. The van der Waals surface area contributed by atoms with Gasteiger partial charge in [0.15, 0.2) is 0 Å². The lowest BCUT2D eigenvalue weighted by Crippen LogP contribution is -2.19. The van der Waals surface area contributed by atoms with E-state index in [9.17, 15) is 18.0 Å². The van der Waals surface area contributed by atoms with Gasteiger partial charge < -0.3 is 10.1 Å². The van der Waals surface area contributed by atoms with Gasteiger partial charge in [-0.05, 0) is 36.4 Å². The van der Waals surface area contributed by atoms with Gasteiger partial charge >= 0.3 is 6.18 Å². The van der Waals surface area contributed by atoms with E-state index in [0.29, 0.717) is 18.6 Å². The van der Waals surface area contributed by atoms with Crippen LogP contribution in [-0.4, -0.2) is 11.5 Å². The number of anilines is 1. The fraction of sp³-hybridized carbons (Fsp3) is 0.278. The zero-order valence-electron chi connectivity index (χ0n) is 12.9. The van der Waals surface area contributed by atoms with Crippen LogP contribution in [-0.2, 0) is 11.0 Å². The molecule has 25 heavy (non-hydrogen) atoms. The van der Waals surface area contributed by atoms with Crippen LogP contribution in [0.3, 0.4) is 0 Å². The number of rotatable bonds is 4. The van der Waals surface area contributed by atoms with Crippen LogP contribution in [0.2, 0.25) is 0 Å². The van der Waals surface area contributed by atoms with Crippen molar-refractivity contribution in [1.82, 2.24) is 0 Å². The molecule has 2 aromatic rings. The summed E-state index contributed by atoms with van der Waals surface area (Å²) in [5, 5.41) is 2.59. The Morgan fingerprint density at radius 3 is 2.52 bits per heavy atom. The quantitative estimate of drug-likeness (QED) is 0.766. The van der Waals surface area contributed by atoms with E-state index in [2.05, 4.69) is 21.2 Å². The van der Waals surface area contributed by atoms with Crippen LogP contribution in [0.4, 0.5) is 18.9 Å². The van der Waals surface area contributed by atoms with E-state index in [1.54, 1.807) is 0 Å². The Morgan fingerprint density at radius 2 is 1.84 bits per heavy atom. The molecule has 0 aliphatic heterocycles. The van der Waals surface area contributed by atoms with Gasteiger partial charge in [0.25, 0.3) is 0 Å². The van der Waals surface area contributed by atoms with E-state index in [4.69, 9.17) is 4.74 Å². The summed E-state index contributed by atoms with van der Waals surface area (Å²) in [6, 6.07) is 12.0. The van der Waals surface area contributed by atoms with Crippen molar-refractivity contribution >= 4 is 27.5 Å². The van der Waals surface area contributed by atoms with Gasteiger partial charge in [-0.3, -0.25) is 4.79 Å². The number of benzene rings is 2. The molecule has 130 valence electrons. The lowest BCUT2D eigenvalue weighted by Gasteiger charge is -2.10. The van der Waals surface area contributed by atoms with Crippen molar-refractivity contribution in [3.8, 4) is 5.75 Å². The number of carbonyl (C=O) groups excluding carboxylic acids is 1. The SMILES string of the molecule is O=C(Nc1cccc(C(F)(F)F)c1)C12CC1(Oc1cccc(Br)c1)C2. The molecule has 0 radical (unpaired) electrons. The van der Waals surface area contributed by atoms with Crippen molar-refractivity contribution < 1.29 is 22.7 Å². The molecule has 0 spiro atoms. The second-order valence-corrected chi connectivity index (χ2v) is 7.44. The third kappa shape index (κ3) is 2.80. The highest BCUT2D eigenvalue weighted by Gasteiger charge is 2.90. The van der Waals surface area contributed by atoms with E-state index < -0.39 is 22.8 Å². The lowest BCUT2D eigenvalue weighted by atomic mass is 10.1. The highest BCUT2D eigenvalue weighted by atomic mass is 79.9. The van der Waals surface area contributed by atoms with Gasteiger partial charge in [0.1, 0.15) is 11.4 Å². The Hall–Kier alpha value is -2.02. The van der Waals surface area contributed by atoms with Gasteiger partial charge in [0.05, 0.1) is 11.0 Å². The minimum Gasteiger partial charge on any atom is -0.486 e. The summed E-state index contributed by atoms with van der Waals surface area (Å²) in [5.41, 5.74) is -1.78. The number of fused-ring (bicyclic) bond motifs is 1. The third-order valence-corrected chi connectivity index (χ3v) is 5.28. The van der Waals surface area contributed by atoms with Gasteiger partial charge in [-0.2, -0.15) is 13.2 Å². The fourth-order valence-electron chi connectivity index (χ4n) is 3.15. The Kier molecular flexibility index (Phi) is 3.45. The zero-order valence-corrected chi connectivity index (χ0v) is 14.4. The molecule has 3 nitrogen and oxygen atoms in total. The summed E-state index contributed by atoms with van der Waals surface area (Å²) in [5.74, 6) is 0.377. The van der Waals surface area contributed by atoms with Crippen LogP contribution in [0.25, 0.3) is 0 Å². The zero-order chi connectivity index (χ0) is 17.9. The molecule has 0 atom stereocenters. The number of amides is 1. The maximum absolute atomic E-state index is 12.8. The van der Waals surface area contributed by atoms with Gasteiger partial charge in [-0.15, -0.1) is 0 Å². The molecule has 1 N–H and O–H groups in total. The molecule has 2 aliphatic rings. The lowest BCUT2D eigenvalue weighted by molar-refractivity contribution is -0.137. The molecule has 4 rings (SSSR count). The Balaban J connectivity index is 1.44. The highest BCUT2D eigenvalue weighted by molar-refractivity contribution is 9.10. The Bertz CT molecular complexity index is 859. The highest BCUT2D eigenvalue weighted by Crippen LogP contribution is 2.80. The first-order valence-corrected chi connectivity index (χ1v) is 8.47. The summed E-state index contributed by atoms with van der Waals surface area (Å²) in [7, 11) is 0. The number of nitrogens with one attached hydrogen (secondary N) is 1. The largest absolute Gasteiger partial charge is 0.486 e. The predicted molar refractivity (Wildman–Crippen MR) is 89.2 cm³/mol. The third-order valence-electron chi connectivity index (χ3n) is 4.79. The molecular weight excluding hydrogens is 399 g/mol. The van der Waals surface area contributed by atoms with E-state index in [1.165, 1.54) is 12.1 Å². The molecule has 2 fully saturated rings. The molecule has 0 heterocycles.